The molecule has 4 nitrogen and oxygen atoms in total. The molecule has 0 unspecified atom stereocenters. The van der Waals surface area contributed by atoms with Crippen LogP contribution in [0.2, 0.25) is 0 Å². The van der Waals surface area contributed by atoms with Crippen LogP contribution in [0.4, 0.5) is 0 Å². The number of rotatable bonds is 3. The molecule has 1 aromatic carbocycles. The molecule has 0 aliphatic carbocycles. The summed E-state index contributed by atoms with van der Waals surface area (Å²) in [6.45, 7) is 2.11. The first-order valence-corrected chi connectivity index (χ1v) is 6.06. The summed E-state index contributed by atoms with van der Waals surface area (Å²) in [5.74, 6) is 0.822. The van der Waals surface area contributed by atoms with Gasteiger partial charge in [0.15, 0.2) is 5.65 Å². The van der Waals surface area contributed by atoms with Crippen LogP contribution in [0, 0.1) is 6.33 Å². The van der Waals surface area contributed by atoms with Crippen LogP contribution in [-0.2, 0) is 6.42 Å². The maximum atomic E-state index is 4.56. The summed E-state index contributed by atoms with van der Waals surface area (Å²) in [6, 6.07) is 10.1. The van der Waals surface area contributed by atoms with E-state index in [1.165, 1.54) is 0 Å². The van der Waals surface area contributed by atoms with E-state index in [9.17, 15) is 0 Å². The molecule has 3 aromatic rings. The molecule has 0 atom stereocenters. The van der Waals surface area contributed by atoms with Crippen molar-refractivity contribution in [3.8, 4) is 11.1 Å². The minimum atomic E-state index is 0.819. The standard InChI is InChI=1S/C14H13N4/c1-2-6-13-15-10-18-14(17-13)12(9-16-18)11-7-4-3-5-8-11/h3-5,7-9H,2,6H2,1H3. The summed E-state index contributed by atoms with van der Waals surface area (Å²) in [4.78, 5) is 8.73. The number of aryl methyl sites for hydroxylation is 1. The summed E-state index contributed by atoms with van der Waals surface area (Å²) in [6.07, 6.45) is 6.59. The fraction of sp³-hybridized carbons (Fsp3) is 0.214. The number of hydrogen-bond donors (Lipinski definition) is 0. The molecule has 0 saturated carbocycles. The highest BCUT2D eigenvalue weighted by Gasteiger charge is 2.09. The molecule has 0 aliphatic rings. The van der Waals surface area contributed by atoms with Crippen LogP contribution in [-0.4, -0.2) is 19.6 Å². The van der Waals surface area contributed by atoms with Gasteiger partial charge < -0.3 is 0 Å². The maximum Gasteiger partial charge on any atom is 0.202 e. The lowest BCUT2D eigenvalue weighted by atomic mass is 10.1. The smallest absolute Gasteiger partial charge is 0.202 e. The minimum absolute atomic E-state index is 0.819. The summed E-state index contributed by atoms with van der Waals surface area (Å²) >= 11 is 0. The molecule has 1 radical (unpaired) electrons. The van der Waals surface area contributed by atoms with E-state index in [1.807, 2.05) is 24.4 Å². The third-order valence-electron chi connectivity index (χ3n) is 2.81. The van der Waals surface area contributed by atoms with Crippen LogP contribution >= 0.6 is 0 Å². The zero-order valence-corrected chi connectivity index (χ0v) is 10.2. The van der Waals surface area contributed by atoms with Crippen LogP contribution in [0.3, 0.4) is 0 Å². The first-order valence-electron chi connectivity index (χ1n) is 6.06. The van der Waals surface area contributed by atoms with Crippen LogP contribution < -0.4 is 0 Å². The van der Waals surface area contributed by atoms with Crippen molar-refractivity contribution in [3.05, 3.63) is 48.7 Å². The fourth-order valence-corrected chi connectivity index (χ4v) is 1.93. The quantitative estimate of drug-likeness (QED) is 0.703. The molecule has 0 N–H and O–H groups in total. The van der Waals surface area contributed by atoms with Gasteiger partial charge >= 0.3 is 0 Å². The molecule has 4 heteroatoms. The van der Waals surface area contributed by atoms with Gasteiger partial charge in [0.25, 0.3) is 0 Å². The van der Waals surface area contributed by atoms with E-state index in [2.05, 4.69) is 40.5 Å². The molecule has 0 aliphatic heterocycles. The van der Waals surface area contributed by atoms with Gasteiger partial charge in [-0.15, -0.1) is 0 Å². The average molecular weight is 237 g/mol. The van der Waals surface area contributed by atoms with Crippen molar-refractivity contribution in [2.45, 2.75) is 19.8 Å². The van der Waals surface area contributed by atoms with Crippen molar-refractivity contribution < 1.29 is 0 Å². The Morgan fingerprint density at radius 2 is 2.06 bits per heavy atom. The zero-order valence-electron chi connectivity index (χ0n) is 10.2. The number of aromatic nitrogens is 4. The van der Waals surface area contributed by atoms with Crippen molar-refractivity contribution in [2.24, 2.45) is 0 Å². The highest BCUT2D eigenvalue weighted by atomic mass is 15.3. The molecule has 0 spiro atoms. The Hall–Kier alpha value is -2.23. The third-order valence-corrected chi connectivity index (χ3v) is 2.81. The van der Waals surface area contributed by atoms with E-state index >= 15 is 0 Å². The van der Waals surface area contributed by atoms with Crippen molar-refractivity contribution >= 4 is 5.65 Å². The maximum absolute atomic E-state index is 4.56. The molecule has 2 aromatic heterocycles. The number of hydrogen-bond acceptors (Lipinski definition) is 3. The minimum Gasteiger partial charge on any atom is -0.213 e. The second-order valence-corrected chi connectivity index (χ2v) is 4.15. The summed E-state index contributed by atoms with van der Waals surface area (Å²) in [5.41, 5.74) is 2.95. The van der Waals surface area contributed by atoms with Gasteiger partial charge in [0.2, 0.25) is 6.33 Å². The van der Waals surface area contributed by atoms with Crippen molar-refractivity contribution in [2.75, 3.05) is 0 Å². The molecule has 0 amide bonds. The molecule has 3 rings (SSSR count). The van der Waals surface area contributed by atoms with Gasteiger partial charge in [0.1, 0.15) is 5.82 Å². The summed E-state index contributed by atoms with van der Waals surface area (Å²) < 4.78 is 1.60. The Bertz CT molecular complexity index is 658. The average Bonchev–Trinajstić information content (AvgIpc) is 2.83. The highest BCUT2D eigenvalue weighted by Crippen LogP contribution is 2.22. The van der Waals surface area contributed by atoms with E-state index in [4.69, 9.17) is 0 Å². The van der Waals surface area contributed by atoms with Gasteiger partial charge in [-0.3, -0.25) is 0 Å². The third kappa shape index (κ3) is 1.86. The highest BCUT2D eigenvalue weighted by molar-refractivity contribution is 5.76. The largest absolute Gasteiger partial charge is 0.213 e. The SMILES string of the molecule is CCCc1n[c]n2ncc(-c3ccccc3)c2n1. The zero-order chi connectivity index (χ0) is 12.4. The Balaban J connectivity index is 2.15. The molecule has 0 saturated heterocycles. The van der Waals surface area contributed by atoms with E-state index in [0.29, 0.717) is 0 Å². The Morgan fingerprint density at radius 3 is 2.83 bits per heavy atom. The number of nitrogens with zero attached hydrogens (tertiary/aromatic N) is 4. The number of fused-ring (bicyclic) bond motifs is 1. The van der Waals surface area contributed by atoms with Gasteiger partial charge in [-0.25, -0.2) is 9.97 Å². The lowest BCUT2D eigenvalue weighted by Gasteiger charge is -2.00. The van der Waals surface area contributed by atoms with E-state index in [-0.39, 0.29) is 0 Å². The molecular weight excluding hydrogens is 224 g/mol. The summed E-state index contributed by atoms with van der Waals surface area (Å²) in [7, 11) is 0. The molecule has 0 bridgehead atoms. The Morgan fingerprint density at radius 1 is 1.22 bits per heavy atom. The van der Waals surface area contributed by atoms with Crippen LogP contribution in [0.15, 0.2) is 36.5 Å². The second kappa shape index (κ2) is 4.56. The molecule has 18 heavy (non-hydrogen) atoms. The first kappa shape index (κ1) is 10.9. The fourth-order valence-electron chi connectivity index (χ4n) is 1.93. The summed E-state index contributed by atoms with van der Waals surface area (Å²) in [5, 5.41) is 4.23. The predicted octanol–water partition coefficient (Wildman–Crippen LogP) is 2.54. The van der Waals surface area contributed by atoms with Crippen LogP contribution in [0.1, 0.15) is 19.2 Å². The van der Waals surface area contributed by atoms with E-state index < -0.39 is 0 Å². The Labute approximate surface area is 105 Å². The normalized spacial score (nSPS) is 10.9. The monoisotopic (exact) mass is 237 g/mol. The van der Waals surface area contributed by atoms with Gasteiger partial charge in [-0.1, -0.05) is 37.3 Å². The van der Waals surface area contributed by atoms with E-state index in [1.54, 1.807) is 4.52 Å². The molecular formula is C14H13N4. The number of benzene rings is 1. The van der Waals surface area contributed by atoms with Crippen LogP contribution in [0.5, 0.6) is 0 Å². The van der Waals surface area contributed by atoms with Crippen molar-refractivity contribution in [1.29, 1.82) is 0 Å². The van der Waals surface area contributed by atoms with Crippen molar-refractivity contribution in [3.63, 3.8) is 0 Å². The second-order valence-electron chi connectivity index (χ2n) is 4.15. The van der Waals surface area contributed by atoms with Crippen molar-refractivity contribution in [1.82, 2.24) is 19.6 Å². The first-order chi connectivity index (χ1) is 8.88. The van der Waals surface area contributed by atoms with E-state index in [0.717, 1.165) is 35.4 Å². The van der Waals surface area contributed by atoms with Gasteiger partial charge in [0, 0.05) is 12.0 Å². The lowest BCUT2D eigenvalue weighted by molar-refractivity contribution is 0.789. The van der Waals surface area contributed by atoms with Gasteiger partial charge in [0.05, 0.1) is 6.20 Å². The topological polar surface area (TPSA) is 43.1 Å². The van der Waals surface area contributed by atoms with Gasteiger partial charge in [-0.05, 0) is 12.0 Å². The van der Waals surface area contributed by atoms with Crippen LogP contribution in [0.25, 0.3) is 16.8 Å². The molecule has 89 valence electrons. The van der Waals surface area contributed by atoms with Gasteiger partial charge in [-0.2, -0.15) is 9.61 Å². The lowest BCUT2D eigenvalue weighted by Crippen LogP contribution is -2.00. The molecule has 2 heterocycles. The molecule has 0 fully saturated rings. The Kier molecular flexibility index (Phi) is 2.76. The predicted molar refractivity (Wildman–Crippen MR) is 69.0 cm³/mol.